The lowest BCUT2D eigenvalue weighted by atomic mass is 10.3. The second kappa shape index (κ2) is 5.09. The van der Waals surface area contributed by atoms with Gasteiger partial charge >= 0.3 is 0 Å². The summed E-state index contributed by atoms with van der Waals surface area (Å²) in [7, 11) is 0.390. The van der Waals surface area contributed by atoms with Crippen molar-refractivity contribution < 1.29 is 30.7 Å². The Bertz CT molecular complexity index is 518. The Kier molecular flexibility index (Phi) is 4.21. The van der Waals surface area contributed by atoms with Crippen LogP contribution in [0.4, 0.5) is 17.6 Å². The molecule has 0 amide bonds. The Hall–Kier alpha value is -1.02. The summed E-state index contributed by atoms with van der Waals surface area (Å²) < 4.78 is 75.8. The fourth-order valence-electron chi connectivity index (χ4n) is 1.00. The first-order valence-electron chi connectivity index (χ1n) is 4.06. The zero-order valence-electron chi connectivity index (χ0n) is 7.96. The molecule has 0 aliphatic carbocycles. The highest BCUT2D eigenvalue weighted by Crippen LogP contribution is 2.31. The van der Waals surface area contributed by atoms with E-state index in [0.717, 1.165) is 0 Å². The molecule has 9 heteroatoms. The zero-order valence-corrected chi connectivity index (χ0v) is 9.53. The molecule has 1 rings (SSSR count). The van der Waals surface area contributed by atoms with Crippen LogP contribution in [0.15, 0.2) is 17.0 Å². The van der Waals surface area contributed by atoms with Gasteiger partial charge in [0.1, 0.15) is 17.3 Å². The number of hydrogen-bond acceptors (Lipinski definition) is 3. The smallest absolute Gasteiger partial charge is 0.272 e. The Morgan fingerprint density at radius 1 is 1.29 bits per heavy atom. The van der Waals surface area contributed by atoms with Gasteiger partial charge in [-0.1, -0.05) is 0 Å². The molecule has 0 bridgehead atoms. The van der Waals surface area contributed by atoms with Crippen LogP contribution < -0.4 is 4.74 Å². The van der Waals surface area contributed by atoms with Crippen LogP contribution in [-0.2, 0) is 9.05 Å². The van der Waals surface area contributed by atoms with Gasteiger partial charge in [-0.3, -0.25) is 0 Å². The van der Waals surface area contributed by atoms with Gasteiger partial charge in [0.2, 0.25) is 0 Å². The summed E-state index contributed by atoms with van der Waals surface area (Å²) in [4.78, 5) is -1.03. The normalized spacial score (nSPS) is 11.9. The minimum atomic E-state index is -4.50. The molecule has 0 heterocycles. The monoisotopic (exact) mass is 292 g/mol. The maximum atomic E-state index is 13.2. The van der Waals surface area contributed by atoms with Crippen molar-refractivity contribution in [1.82, 2.24) is 0 Å². The average Bonchev–Trinajstić information content (AvgIpc) is 2.13. The van der Waals surface area contributed by atoms with Crippen LogP contribution in [0, 0.1) is 11.6 Å². The molecule has 0 N–H and O–H groups in total. The van der Waals surface area contributed by atoms with Gasteiger partial charge < -0.3 is 4.74 Å². The van der Waals surface area contributed by atoms with E-state index in [0.29, 0.717) is 12.1 Å². The molecule has 1 aromatic rings. The van der Waals surface area contributed by atoms with Crippen molar-refractivity contribution in [2.24, 2.45) is 0 Å². The molecular weight excluding hydrogens is 288 g/mol. The van der Waals surface area contributed by atoms with Crippen LogP contribution in [-0.4, -0.2) is 21.5 Å². The topological polar surface area (TPSA) is 43.4 Å². The van der Waals surface area contributed by atoms with Crippen LogP contribution in [0.1, 0.15) is 0 Å². The standard InChI is InChI=1S/C8H5ClF4O3S/c9-17(14,15)6-2-4(10)1-5(11)8(6)16-3-7(12)13/h1-2,7H,3H2. The van der Waals surface area contributed by atoms with Crippen molar-refractivity contribution >= 4 is 19.7 Å². The number of hydrogen-bond donors (Lipinski definition) is 0. The van der Waals surface area contributed by atoms with Gasteiger partial charge in [-0.15, -0.1) is 0 Å². The summed E-state index contributed by atoms with van der Waals surface area (Å²) in [6, 6.07) is 0.679. The third-order valence-electron chi connectivity index (χ3n) is 1.59. The summed E-state index contributed by atoms with van der Waals surface area (Å²) in [6.45, 7) is -1.23. The molecule has 0 radical (unpaired) electrons. The summed E-state index contributed by atoms with van der Waals surface area (Å²) in [5.41, 5.74) is 0. The minimum Gasteiger partial charge on any atom is -0.483 e. The number of benzene rings is 1. The van der Waals surface area contributed by atoms with Crippen molar-refractivity contribution in [3.8, 4) is 5.75 Å². The number of halogens is 5. The Morgan fingerprint density at radius 3 is 2.35 bits per heavy atom. The van der Waals surface area contributed by atoms with Crippen molar-refractivity contribution in [3.63, 3.8) is 0 Å². The second-order valence-electron chi connectivity index (χ2n) is 2.85. The van der Waals surface area contributed by atoms with E-state index < -0.39 is 44.4 Å². The summed E-state index contributed by atoms with van der Waals surface area (Å²) in [5, 5.41) is 0. The maximum absolute atomic E-state index is 13.2. The van der Waals surface area contributed by atoms with Crippen molar-refractivity contribution in [2.75, 3.05) is 6.61 Å². The molecule has 3 nitrogen and oxygen atoms in total. The molecule has 17 heavy (non-hydrogen) atoms. The fraction of sp³-hybridized carbons (Fsp3) is 0.250. The quantitative estimate of drug-likeness (QED) is 0.633. The van der Waals surface area contributed by atoms with Gasteiger partial charge in [0, 0.05) is 16.7 Å². The molecule has 0 unspecified atom stereocenters. The summed E-state index contributed by atoms with van der Waals surface area (Å²) in [5.74, 6) is -3.67. The first kappa shape index (κ1) is 14.0. The zero-order chi connectivity index (χ0) is 13.2. The van der Waals surface area contributed by atoms with Gasteiger partial charge in [0.25, 0.3) is 15.5 Å². The third-order valence-corrected chi connectivity index (χ3v) is 2.92. The maximum Gasteiger partial charge on any atom is 0.272 e. The second-order valence-corrected chi connectivity index (χ2v) is 5.39. The number of rotatable bonds is 4. The molecule has 1 aromatic carbocycles. The third kappa shape index (κ3) is 3.74. The molecule has 0 spiro atoms. The predicted octanol–water partition coefficient (Wildman–Crippen LogP) is 2.54. The first-order chi connectivity index (χ1) is 7.71. The van der Waals surface area contributed by atoms with E-state index >= 15 is 0 Å². The van der Waals surface area contributed by atoms with E-state index in [-0.39, 0.29) is 0 Å². The Morgan fingerprint density at radius 2 is 1.88 bits per heavy atom. The van der Waals surface area contributed by atoms with E-state index in [2.05, 4.69) is 4.74 Å². The van der Waals surface area contributed by atoms with Gasteiger partial charge in [-0.05, 0) is 6.07 Å². The molecule has 0 aromatic heterocycles. The Balaban J connectivity index is 3.26. The lowest BCUT2D eigenvalue weighted by Gasteiger charge is -2.10. The number of alkyl halides is 2. The summed E-state index contributed by atoms with van der Waals surface area (Å²) in [6.07, 6.45) is -2.94. The highest BCUT2D eigenvalue weighted by Gasteiger charge is 2.23. The SMILES string of the molecule is O=S(=O)(Cl)c1cc(F)cc(F)c1OCC(F)F. The van der Waals surface area contributed by atoms with Gasteiger partial charge in [-0.2, -0.15) is 0 Å². The van der Waals surface area contributed by atoms with Gasteiger partial charge in [0.05, 0.1) is 0 Å². The van der Waals surface area contributed by atoms with E-state index in [1.165, 1.54) is 0 Å². The van der Waals surface area contributed by atoms with E-state index in [9.17, 15) is 26.0 Å². The summed E-state index contributed by atoms with van der Waals surface area (Å²) >= 11 is 0. The van der Waals surface area contributed by atoms with Crippen LogP contribution in [0.2, 0.25) is 0 Å². The molecule has 96 valence electrons. The molecule has 0 aliphatic heterocycles. The van der Waals surface area contributed by atoms with Crippen molar-refractivity contribution in [3.05, 3.63) is 23.8 Å². The largest absolute Gasteiger partial charge is 0.483 e. The molecule has 0 atom stereocenters. The van der Waals surface area contributed by atoms with Crippen LogP contribution in [0.3, 0.4) is 0 Å². The fourth-order valence-corrected chi connectivity index (χ4v) is 1.98. The van der Waals surface area contributed by atoms with E-state index in [1.54, 1.807) is 0 Å². The van der Waals surface area contributed by atoms with Gasteiger partial charge in [-0.25, -0.2) is 26.0 Å². The molecular formula is C8H5ClF4O3S. The minimum absolute atomic E-state index is 0.298. The molecule has 0 fully saturated rings. The number of ether oxygens (including phenoxy) is 1. The van der Waals surface area contributed by atoms with Crippen molar-refractivity contribution in [2.45, 2.75) is 11.3 Å². The molecule has 0 saturated carbocycles. The predicted molar refractivity (Wildman–Crippen MR) is 50.9 cm³/mol. The van der Waals surface area contributed by atoms with E-state index in [4.69, 9.17) is 10.7 Å². The van der Waals surface area contributed by atoms with Gasteiger partial charge in [0.15, 0.2) is 11.6 Å². The van der Waals surface area contributed by atoms with Crippen molar-refractivity contribution in [1.29, 1.82) is 0 Å². The van der Waals surface area contributed by atoms with Crippen LogP contribution in [0.25, 0.3) is 0 Å². The highest BCUT2D eigenvalue weighted by atomic mass is 35.7. The van der Waals surface area contributed by atoms with Crippen LogP contribution in [0.5, 0.6) is 5.75 Å². The van der Waals surface area contributed by atoms with Crippen LogP contribution >= 0.6 is 10.7 Å². The van der Waals surface area contributed by atoms with E-state index in [1.807, 2.05) is 0 Å². The average molecular weight is 293 g/mol. The first-order valence-corrected chi connectivity index (χ1v) is 6.37. The lowest BCUT2D eigenvalue weighted by molar-refractivity contribution is 0.0782. The lowest BCUT2D eigenvalue weighted by Crippen LogP contribution is -2.10. The molecule has 0 saturated heterocycles. The highest BCUT2D eigenvalue weighted by molar-refractivity contribution is 8.13. The molecule has 0 aliphatic rings. The Labute approximate surface area is 98.4 Å².